The highest BCUT2D eigenvalue weighted by atomic mass is 16.2. The summed E-state index contributed by atoms with van der Waals surface area (Å²) in [6.07, 6.45) is 5.62. The maximum absolute atomic E-state index is 13.5. The first-order valence-corrected chi connectivity index (χ1v) is 10.4. The van der Waals surface area contributed by atoms with Crippen LogP contribution in [0, 0.1) is 11.8 Å². The normalized spacial score (nSPS) is 29.1. The molecule has 6 heteroatoms. The number of anilines is 1. The predicted octanol–water partition coefficient (Wildman–Crippen LogP) is 2.98. The molecule has 0 unspecified atom stereocenters. The van der Waals surface area contributed by atoms with Crippen molar-refractivity contribution < 1.29 is 14.4 Å². The molecule has 150 valence electrons. The third-order valence-corrected chi connectivity index (χ3v) is 6.50. The summed E-state index contributed by atoms with van der Waals surface area (Å²) in [4.78, 5) is 40.9. The van der Waals surface area contributed by atoms with Gasteiger partial charge in [-0.05, 0) is 44.7 Å². The smallest absolute Gasteiger partial charge is 0.259 e. The van der Waals surface area contributed by atoms with Gasteiger partial charge in [-0.15, -0.1) is 0 Å². The van der Waals surface area contributed by atoms with E-state index in [4.69, 9.17) is 0 Å². The Morgan fingerprint density at radius 3 is 2.21 bits per heavy atom. The molecule has 6 nitrogen and oxygen atoms in total. The van der Waals surface area contributed by atoms with Crippen LogP contribution < -0.4 is 4.90 Å². The molecule has 4 rings (SSSR count). The molecule has 2 heterocycles. The van der Waals surface area contributed by atoms with Crippen LogP contribution in [0.2, 0.25) is 0 Å². The summed E-state index contributed by atoms with van der Waals surface area (Å²) in [6, 6.07) is 8.31. The second-order valence-electron chi connectivity index (χ2n) is 8.54. The first kappa shape index (κ1) is 19.1. The van der Waals surface area contributed by atoms with Gasteiger partial charge in [0.15, 0.2) is 0 Å². The zero-order chi connectivity index (χ0) is 20.0. The van der Waals surface area contributed by atoms with Crippen molar-refractivity contribution in [3.05, 3.63) is 30.3 Å². The van der Waals surface area contributed by atoms with Gasteiger partial charge in [-0.3, -0.25) is 19.4 Å². The third-order valence-electron chi connectivity index (χ3n) is 6.50. The Morgan fingerprint density at radius 2 is 1.64 bits per heavy atom. The van der Waals surface area contributed by atoms with Crippen LogP contribution in [0.5, 0.6) is 0 Å². The lowest BCUT2D eigenvalue weighted by Crippen LogP contribution is -2.55. The summed E-state index contributed by atoms with van der Waals surface area (Å²) in [5.74, 6) is -0.757. The van der Waals surface area contributed by atoms with Gasteiger partial charge in [-0.25, -0.2) is 9.91 Å². The minimum Gasteiger partial charge on any atom is -0.274 e. The highest BCUT2D eigenvalue weighted by Crippen LogP contribution is 2.46. The number of rotatable bonds is 3. The lowest BCUT2D eigenvalue weighted by atomic mass is 9.77. The zero-order valence-corrected chi connectivity index (χ0v) is 16.9. The van der Waals surface area contributed by atoms with Crippen LogP contribution in [0.15, 0.2) is 30.3 Å². The van der Waals surface area contributed by atoms with Gasteiger partial charge in [0.25, 0.3) is 5.91 Å². The summed E-state index contributed by atoms with van der Waals surface area (Å²) >= 11 is 0. The maximum Gasteiger partial charge on any atom is 0.259 e. The Hall–Kier alpha value is -2.21. The summed E-state index contributed by atoms with van der Waals surface area (Å²) in [5.41, 5.74) is 0.592. The fourth-order valence-electron chi connectivity index (χ4n) is 5.49. The molecule has 3 fully saturated rings. The minimum atomic E-state index is -0.723. The quantitative estimate of drug-likeness (QED) is 0.753. The van der Waals surface area contributed by atoms with E-state index in [0.717, 1.165) is 25.7 Å². The molecule has 3 aliphatic rings. The van der Waals surface area contributed by atoms with Crippen molar-refractivity contribution in [2.45, 2.75) is 71.0 Å². The Bertz CT molecular complexity index is 772. The number of hydrazine groups is 1. The van der Waals surface area contributed by atoms with Crippen LogP contribution in [0.4, 0.5) is 5.69 Å². The molecule has 1 aromatic carbocycles. The largest absolute Gasteiger partial charge is 0.274 e. The minimum absolute atomic E-state index is 0.0483. The molecule has 28 heavy (non-hydrogen) atoms. The van der Waals surface area contributed by atoms with Crippen molar-refractivity contribution in [3.63, 3.8) is 0 Å². The lowest BCUT2D eigenvalue weighted by Gasteiger charge is -2.41. The van der Waals surface area contributed by atoms with E-state index in [9.17, 15) is 14.4 Å². The van der Waals surface area contributed by atoms with Gasteiger partial charge in [0.1, 0.15) is 6.04 Å². The summed E-state index contributed by atoms with van der Waals surface area (Å²) < 4.78 is 0. The predicted molar refractivity (Wildman–Crippen MR) is 106 cm³/mol. The number of hydrogen-bond donors (Lipinski definition) is 0. The van der Waals surface area contributed by atoms with Gasteiger partial charge in [0.05, 0.1) is 11.6 Å². The van der Waals surface area contributed by atoms with Gasteiger partial charge < -0.3 is 0 Å². The standard InChI is InChI=1S/C22H29N3O3/c1-14(2)24-19(16-10-6-4-7-11-16)18-20(25(24)15(3)26)22(28)23(21(18)27)17-12-8-5-9-13-17/h5,8-9,12-14,16,18-20H,4,6-7,10-11H2,1-3H3/t18-,19-,20+/m1/s1. The van der Waals surface area contributed by atoms with E-state index in [1.54, 1.807) is 17.1 Å². The van der Waals surface area contributed by atoms with E-state index in [1.165, 1.54) is 18.2 Å². The Balaban J connectivity index is 1.79. The molecule has 2 saturated heterocycles. The highest BCUT2D eigenvalue weighted by Gasteiger charge is 2.64. The molecule has 0 aromatic heterocycles. The van der Waals surface area contributed by atoms with Crippen LogP contribution in [-0.2, 0) is 14.4 Å². The monoisotopic (exact) mass is 383 g/mol. The number of nitrogens with zero attached hydrogens (tertiary/aromatic N) is 3. The molecule has 3 atom stereocenters. The van der Waals surface area contributed by atoms with E-state index in [1.807, 2.05) is 37.1 Å². The average Bonchev–Trinajstić information content (AvgIpc) is 3.17. The van der Waals surface area contributed by atoms with Gasteiger partial charge in [0.2, 0.25) is 11.8 Å². The summed E-state index contributed by atoms with van der Waals surface area (Å²) in [5, 5.41) is 3.64. The van der Waals surface area contributed by atoms with Crippen molar-refractivity contribution in [2.75, 3.05) is 4.90 Å². The molecular formula is C22H29N3O3. The number of fused-ring (bicyclic) bond motifs is 1. The van der Waals surface area contributed by atoms with Crippen LogP contribution in [0.3, 0.4) is 0 Å². The fraction of sp³-hybridized carbons (Fsp3) is 0.591. The lowest BCUT2D eigenvalue weighted by molar-refractivity contribution is -0.157. The number of amides is 3. The van der Waals surface area contributed by atoms with E-state index in [-0.39, 0.29) is 29.8 Å². The third kappa shape index (κ3) is 2.85. The zero-order valence-electron chi connectivity index (χ0n) is 16.9. The Morgan fingerprint density at radius 1 is 1.00 bits per heavy atom. The molecule has 0 bridgehead atoms. The molecule has 1 saturated carbocycles. The van der Waals surface area contributed by atoms with Gasteiger partial charge in [-0.2, -0.15) is 0 Å². The van der Waals surface area contributed by atoms with Crippen molar-refractivity contribution in [3.8, 4) is 0 Å². The number of benzene rings is 1. The number of para-hydroxylation sites is 1. The van der Waals surface area contributed by atoms with E-state index < -0.39 is 12.0 Å². The Kier molecular flexibility index (Phi) is 5.00. The van der Waals surface area contributed by atoms with Crippen LogP contribution in [-0.4, -0.2) is 45.9 Å². The highest BCUT2D eigenvalue weighted by molar-refractivity contribution is 6.24. The molecule has 1 aromatic rings. The van der Waals surface area contributed by atoms with Gasteiger partial charge in [-0.1, -0.05) is 37.5 Å². The molecule has 0 spiro atoms. The summed E-state index contributed by atoms with van der Waals surface area (Å²) in [7, 11) is 0. The number of carbonyl (C=O) groups excluding carboxylic acids is 3. The molecule has 3 amide bonds. The number of imide groups is 1. The molecule has 0 radical (unpaired) electrons. The summed E-state index contributed by atoms with van der Waals surface area (Å²) in [6.45, 7) is 5.58. The topological polar surface area (TPSA) is 60.9 Å². The first-order chi connectivity index (χ1) is 13.4. The Labute approximate surface area is 166 Å². The van der Waals surface area contributed by atoms with Crippen LogP contribution in [0.25, 0.3) is 0 Å². The van der Waals surface area contributed by atoms with E-state index in [2.05, 4.69) is 0 Å². The fourth-order valence-corrected chi connectivity index (χ4v) is 5.49. The van der Waals surface area contributed by atoms with E-state index >= 15 is 0 Å². The van der Waals surface area contributed by atoms with Crippen LogP contribution >= 0.6 is 0 Å². The van der Waals surface area contributed by atoms with Crippen molar-refractivity contribution in [2.24, 2.45) is 11.8 Å². The number of carbonyl (C=O) groups is 3. The molecule has 2 aliphatic heterocycles. The van der Waals surface area contributed by atoms with Crippen LogP contribution in [0.1, 0.15) is 52.9 Å². The second kappa shape index (κ2) is 7.32. The van der Waals surface area contributed by atoms with Crippen molar-refractivity contribution >= 4 is 23.4 Å². The average molecular weight is 383 g/mol. The first-order valence-electron chi connectivity index (χ1n) is 10.4. The molecule has 1 aliphatic carbocycles. The molecule has 0 N–H and O–H groups in total. The maximum atomic E-state index is 13.5. The van der Waals surface area contributed by atoms with E-state index in [0.29, 0.717) is 11.6 Å². The second-order valence-corrected chi connectivity index (χ2v) is 8.54. The van der Waals surface area contributed by atoms with Crippen molar-refractivity contribution in [1.82, 2.24) is 10.0 Å². The van der Waals surface area contributed by atoms with Crippen molar-refractivity contribution in [1.29, 1.82) is 0 Å². The SMILES string of the molecule is CC(=O)N1[C@@H]2C(=O)N(c3ccccc3)C(=O)[C@@H]2[C@@H](C2CCCCC2)N1C(C)C. The van der Waals surface area contributed by atoms with Gasteiger partial charge >= 0.3 is 0 Å². The van der Waals surface area contributed by atoms with Gasteiger partial charge in [0, 0.05) is 19.0 Å². The molecular weight excluding hydrogens is 354 g/mol. The number of hydrogen-bond acceptors (Lipinski definition) is 4.